The van der Waals surface area contributed by atoms with Gasteiger partial charge in [0.05, 0.1) is 6.61 Å². The summed E-state index contributed by atoms with van der Waals surface area (Å²) in [5, 5.41) is 1.07. The lowest BCUT2D eigenvalue weighted by Crippen LogP contribution is -2.04. The topological polar surface area (TPSA) is 26.3 Å². The maximum absolute atomic E-state index is 12.2. The van der Waals surface area contributed by atoms with E-state index in [2.05, 4.69) is 29.8 Å². The molecule has 0 aromatic rings. The van der Waals surface area contributed by atoms with Crippen LogP contribution in [-0.2, 0) is 9.53 Å². The molecule has 0 aliphatic carbocycles. The number of hydrogen-bond donors (Lipinski definition) is 0. The number of halogens is 1. The van der Waals surface area contributed by atoms with E-state index in [9.17, 15) is 4.79 Å². The molecular weight excluding hydrogens is 436 g/mol. The fourth-order valence-electron chi connectivity index (χ4n) is 3.82. The molecular formula is C27H51BrO2. The summed E-state index contributed by atoms with van der Waals surface area (Å²) < 4.78 is 5.47. The summed E-state index contributed by atoms with van der Waals surface area (Å²) in [6.45, 7) is 5.10. The largest absolute Gasteiger partial charge is 0.463 e. The van der Waals surface area contributed by atoms with E-state index in [0.717, 1.165) is 31.0 Å². The van der Waals surface area contributed by atoms with Gasteiger partial charge in [0.1, 0.15) is 0 Å². The third kappa shape index (κ3) is 22.4. The number of carbonyl (C=O) groups is 1. The molecule has 178 valence electrons. The number of hydrogen-bond acceptors (Lipinski definition) is 2. The Hall–Kier alpha value is -0.310. The van der Waals surface area contributed by atoms with Gasteiger partial charge in [-0.05, 0) is 38.5 Å². The summed E-state index contributed by atoms with van der Waals surface area (Å²) in [6, 6.07) is 0. The molecule has 0 unspecified atom stereocenters. The van der Waals surface area contributed by atoms with E-state index in [1.165, 1.54) is 108 Å². The van der Waals surface area contributed by atoms with Gasteiger partial charge in [0.25, 0.3) is 0 Å². The van der Waals surface area contributed by atoms with Gasteiger partial charge in [-0.3, -0.25) is 0 Å². The summed E-state index contributed by atoms with van der Waals surface area (Å²) in [4.78, 5) is 12.2. The molecule has 0 N–H and O–H groups in total. The number of rotatable bonds is 23. The Labute approximate surface area is 197 Å². The van der Waals surface area contributed by atoms with Crippen LogP contribution in [-0.4, -0.2) is 17.9 Å². The maximum Gasteiger partial charge on any atom is 0.330 e. The van der Waals surface area contributed by atoms with Crippen molar-refractivity contribution in [1.82, 2.24) is 0 Å². The Balaban J connectivity index is 4.14. The van der Waals surface area contributed by atoms with Gasteiger partial charge in [-0.15, -0.1) is 0 Å². The average molecular weight is 488 g/mol. The molecule has 0 rings (SSSR count). The first-order valence-corrected chi connectivity index (χ1v) is 14.3. The van der Waals surface area contributed by atoms with Gasteiger partial charge in [-0.25, -0.2) is 4.79 Å². The van der Waals surface area contributed by atoms with Crippen molar-refractivity contribution in [3.05, 3.63) is 11.6 Å². The highest BCUT2D eigenvalue weighted by molar-refractivity contribution is 9.09. The first kappa shape index (κ1) is 29.7. The molecule has 0 saturated carbocycles. The predicted molar refractivity (Wildman–Crippen MR) is 137 cm³/mol. The SMILES string of the molecule is CCCCCCCCCC/C(=C\C(=O)OCCCCCCBr)CCCCCCCC. The zero-order valence-electron chi connectivity index (χ0n) is 20.3. The van der Waals surface area contributed by atoms with Crippen molar-refractivity contribution in [3.63, 3.8) is 0 Å². The third-order valence-corrected chi connectivity index (χ3v) is 6.36. The Morgan fingerprint density at radius 3 is 1.57 bits per heavy atom. The molecule has 0 bridgehead atoms. The lowest BCUT2D eigenvalue weighted by Gasteiger charge is -2.09. The van der Waals surface area contributed by atoms with E-state index in [1.54, 1.807) is 0 Å². The highest BCUT2D eigenvalue weighted by Crippen LogP contribution is 2.19. The molecule has 0 aliphatic rings. The summed E-state index contributed by atoms with van der Waals surface area (Å²) in [7, 11) is 0. The Bertz CT molecular complexity index is 392. The lowest BCUT2D eigenvalue weighted by molar-refractivity contribution is -0.137. The van der Waals surface area contributed by atoms with Crippen LogP contribution in [0.4, 0.5) is 0 Å². The molecule has 0 radical (unpaired) electrons. The van der Waals surface area contributed by atoms with Crippen LogP contribution in [0, 0.1) is 0 Å². The average Bonchev–Trinajstić information content (AvgIpc) is 2.74. The van der Waals surface area contributed by atoms with Gasteiger partial charge in [0.2, 0.25) is 0 Å². The molecule has 0 spiro atoms. The minimum atomic E-state index is -0.115. The number of allylic oxidation sites excluding steroid dienone is 1. The monoisotopic (exact) mass is 486 g/mol. The fourth-order valence-corrected chi connectivity index (χ4v) is 4.22. The first-order valence-electron chi connectivity index (χ1n) is 13.2. The second kappa shape index (κ2) is 25.0. The molecule has 0 saturated heterocycles. The minimum Gasteiger partial charge on any atom is -0.463 e. The molecule has 0 aromatic carbocycles. The van der Waals surface area contributed by atoms with Gasteiger partial charge in [0.15, 0.2) is 0 Å². The van der Waals surface area contributed by atoms with Crippen molar-refractivity contribution >= 4 is 21.9 Å². The van der Waals surface area contributed by atoms with Crippen molar-refractivity contribution in [1.29, 1.82) is 0 Å². The molecule has 0 fully saturated rings. The van der Waals surface area contributed by atoms with E-state index in [1.807, 2.05) is 6.08 Å². The molecule has 0 aromatic heterocycles. The van der Waals surface area contributed by atoms with E-state index in [-0.39, 0.29) is 5.97 Å². The van der Waals surface area contributed by atoms with Crippen LogP contribution >= 0.6 is 15.9 Å². The summed E-state index contributed by atoms with van der Waals surface area (Å²) in [6.07, 6.45) is 27.0. The van der Waals surface area contributed by atoms with Crippen molar-refractivity contribution in [2.75, 3.05) is 11.9 Å². The molecule has 0 heterocycles. The molecule has 0 amide bonds. The smallest absolute Gasteiger partial charge is 0.330 e. The normalized spacial score (nSPS) is 11.8. The number of esters is 1. The van der Waals surface area contributed by atoms with Gasteiger partial charge in [-0.1, -0.05) is 125 Å². The number of unbranched alkanes of at least 4 members (excludes halogenated alkanes) is 15. The zero-order chi connectivity index (χ0) is 22.1. The molecule has 3 heteroatoms. The van der Waals surface area contributed by atoms with Crippen molar-refractivity contribution in [2.24, 2.45) is 0 Å². The standard InChI is InChI=1S/C27H51BrO2/c1-3-5-7-9-11-12-14-18-22-26(21-17-13-10-8-6-4-2)25-27(29)30-24-20-16-15-19-23-28/h25H,3-24H2,1-2H3/b26-25-. The summed E-state index contributed by atoms with van der Waals surface area (Å²) in [5.41, 5.74) is 1.32. The summed E-state index contributed by atoms with van der Waals surface area (Å²) >= 11 is 3.46. The van der Waals surface area contributed by atoms with Gasteiger partial charge in [-0.2, -0.15) is 0 Å². The van der Waals surface area contributed by atoms with E-state index in [4.69, 9.17) is 4.74 Å². The highest BCUT2D eigenvalue weighted by atomic mass is 79.9. The van der Waals surface area contributed by atoms with Crippen LogP contribution in [0.2, 0.25) is 0 Å². The Morgan fingerprint density at radius 2 is 1.07 bits per heavy atom. The third-order valence-electron chi connectivity index (χ3n) is 5.80. The summed E-state index contributed by atoms with van der Waals surface area (Å²) in [5.74, 6) is -0.115. The fraction of sp³-hybridized carbons (Fsp3) is 0.889. The zero-order valence-corrected chi connectivity index (χ0v) is 21.9. The van der Waals surface area contributed by atoms with Crippen LogP contribution in [0.25, 0.3) is 0 Å². The van der Waals surface area contributed by atoms with Gasteiger partial charge < -0.3 is 4.74 Å². The lowest BCUT2D eigenvalue weighted by atomic mass is 9.99. The Morgan fingerprint density at radius 1 is 0.633 bits per heavy atom. The van der Waals surface area contributed by atoms with Crippen LogP contribution in [0.3, 0.4) is 0 Å². The van der Waals surface area contributed by atoms with Gasteiger partial charge in [0, 0.05) is 11.4 Å². The van der Waals surface area contributed by atoms with Crippen molar-refractivity contribution < 1.29 is 9.53 Å². The molecule has 0 atom stereocenters. The maximum atomic E-state index is 12.2. The van der Waals surface area contributed by atoms with Crippen LogP contribution in [0.5, 0.6) is 0 Å². The second-order valence-corrected chi connectivity index (χ2v) is 9.61. The highest BCUT2D eigenvalue weighted by Gasteiger charge is 2.05. The van der Waals surface area contributed by atoms with Crippen LogP contribution in [0.1, 0.15) is 142 Å². The van der Waals surface area contributed by atoms with Gasteiger partial charge >= 0.3 is 5.97 Å². The number of alkyl halides is 1. The minimum absolute atomic E-state index is 0.115. The van der Waals surface area contributed by atoms with E-state index >= 15 is 0 Å². The first-order chi connectivity index (χ1) is 14.7. The molecule has 2 nitrogen and oxygen atoms in total. The molecule has 30 heavy (non-hydrogen) atoms. The van der Waals surface area contributed by atoms with Crippen molar-refractivity contribution in [2.45, 2.75) is 142 Å². The van der Waals surface area contributed by atoms with Crippen molar-refractivity contribution in [3.8, 4) is 0 Å². The number of ether oxygens (including phenoxy) is 1. The quantitative estimate of drug-likeness (QED) is 0.0620. The number of carbonyl (C=O) groups excluding carboxylic acids is 1. The predicted octanol–water partition coefficient (Wildman–Crippen LogP) is 9.69. The van der Waals surface area contributed by atoms with Crippen LogP contribution < -0.4 is 0 Å². The molecule has 0 aliphatic heterocycles. The van der Waals surface area contributed by atoms with Crippen LogP contribution in [0.15, 0.2) is 11.6 Å². The van der Waals surface area contributed by atoms with E-state index in [0.29, 0.717) is 6.61 Å². The van der Waals surface area contributed by atoms with E-state index < -0.39 is 0 Å². The Kier molecular flexibility index (Phi) is 24.7. The second-order valence-electron chi connectivity index (χ2n) is 8.82.